The summed E-state index contributed by atoms with van der Waals surface area (Å²) in [6.45, 7) is 2.41. The van der Waals surface area contributed by atoms with E-state index in [9.17, 15) is 0 Å². The van der Waals surface area contributed by atoms with E-state index in [4.69, 9.17) is 9.15 Å². The van der Waals surface area contributed by atoms with E-state index in [2.05, 4.69) is 28.1 Å². The van der Waals surface area contributed by atoms with Crippen molar-refractivity contribution >= 4 is 6.08 Å². The van der Waals surface area contributed by atoms with Gasteiger partial charge in [-0.3, -0.25) is 9.88 Å². The van der Waals surface area contributed by atoms with Crippen molar-refractivity contribution in [1.29, 1.82) is 0 Å². The molecule has 0 N–H and O–H groups in total. The average molecular weight is 334 g/mol. The lowest BCUT2D eigenvalue weighted by atomic mass is 10.1. The van der Waals surface area contributed by atoms with Crippen LogP contribution in [0.4, 0.5) is 0 Å². The van der Waals surface area contributed by atoms with E-state index in [1.54, 1.807) is 19.6 Å². The molecule has 2 heterocycles. The molecule has 0 fully saturated rings. The maximum absolute atomic E-state index is 5.49. The summed E-state index contributed by atoms with van der Waals surface area (Å²) in [7, 11) is 1.71. The van der Waals surface area contributed by atoms with E-state index in [0.717, 1.165) is 31.1 Å². The third-order valence-corrected chi connectivity index (χ3v) is 3.90. The number of benzene rings is 1. The molecule has 1 aromatic carbocycles. The minimum atomic E-state index is 0.793. The summed E-state index contributed by atoms with van der Waals surface area (Å²) < 4.78 is 10.8. The molecule has 2 aromatic heterocycles. The first-order valence-electron chi connectivity index (χ1n) is 8.28. The molecule has 0 saturated heterocycles. The van der Waals surface area contributed by atoms with Gasteiger partial charge in [-0.2, -0.15) is 0 Å². The molecule has 25 heavy (non-hydrogen) atoms. The number of methoxy groups -OCH3 is 1. The summed E-state index contributed by atoms with van der Waals surface area (Å²) in [5.41, 5.74) is 2.35. The molecule has 128 valence electrons. The molecular weight excluding hydrogens is 312 g/mol. The number of hydrogen-bond donors (Lipinski definition) is 0. The number of pyridine rings is 1. The van der Waals surface area contributed by atoms with Gasteiger partial charge in [0, 0.05) is 37.6 Å². The minimum Gasteiger partial charge on any atom is -0.496 e. The molecule has 0 aliphatic heterocycles. The van der Waals surface area contributed by atoms with E-state index in [1.165, 1.54) is 11.1 Å². The van der Waals surface area contributed by atoms with Gasteiger partial charge in [-0.25, -0.2) is 0 Å². The highest BCUT2D eigenvalue weighted by molar-refractivity contribution is 5.42. The first kappa shape index (κ1) is 17.0. The molecule has 0 radical (unpaired) electrons. The molecule has 0 aliphatic carbocycles. The first-order chi connectivity index (χ1) is 12.3. The number of para-hydroxylation sites is 1. The zero-order chi connectivity index (χ0) is 17.3. The zero-order valence-electron chi connectivity index (χ0n) is 14.3. The lowest BCUT2D eigenvalue weighted by Crippen LogP contribution is -2.23. The van der Waals surface area contributed by atoms with Crippen LogP contribution in [0.15, 0.2) is 77.7 Å². The topological polar surface area (TPSA) is 38.5 Å². The summed E-state index contributed by atoms with van der Waals surface area (Å²) in [5, 5.41) is 0. The fourth-order valence-corrected chi connectivity index (χ4v) is 2.71. The average Bonchev–Trinajstić information content (AvgIpc) is 3.16. The van der Waals surface area contributed by atoms with Gasteiger partial charge in [-0.1, -0.05) is 30.3 Å². The number of hydrogen-bond acceptors (Lipinski definition) is 4. The highest BCUT2D eigenvalue weighted by Crippen LogP contribution is 2.20. The molecule has 0 amide bonds. The van der Waals surface area contributed by atoms with Crippen molar-refractivity contribution in [3.8, 4) is 5.75 Å². The van der Waals surface area contributed by atoms with E-state index >= 15 is 0 Å². The maximum atomic E-state index is 5.49. The number of aromatic nitrogens is 1. The third-order valence-electron chi connectivity index (χ3n) is 3.90. The Morgan fingerprint density at radius 1 is 1.08 bits per heavy atom. The van der Waals surface area contributed by atoms with Gasteiger partial charge in [0.25, 0.3) is 0 Å². The number of rotatable bonds is 8. The third kappa shape index (κ3) is 5.06. The molecular formula is C21H22N2O2. The van der Waals surface area contributed by atoms with E-state index in [1.807, 2.05) is 48.7 Å². The van der Waals surface area contributed by atoms with Crippen LogP contribution in [-0.2, 0) is 13.1 Å². The summed E-state index contributed by atoms with van der Waals surface area (Å²) in [5.74, 6) is 1.77. The predicted octanol–water partition coefficient (Wildman–Crippen LogP) is 4.40. The number of ether oxygens (including phenoxy) is 1. The van der Waals surface area contributed by atoms with E-state index in [0.29, 0.717) is 0 Å². The summed E-state index contributed by atoms with van der Waals surface area (Å²) in [4.78, 5) is 6.56. The zero-order valence-corrected chi connectivity index (χ0v) is 14.3. The quantitative estimate of drug-likeness (QED) is 0.612. The van der Waals surface area contributed by atoms with Gasteiger partial charge in [-0.05, 0) is 35.9 Å². The molecule has 4 heteroatoms. The SMILES string of the molecule is COc1ccccc1CN(CC=Cc1ccco1)Cc1cccnc1. The van der Waals surface area contributed by atoms with Crippen molar-refractivity contribution in [3.63, 3.8) is 0 Å². The van der Waals surface area contributed by atoms with Gasteiger partial charge in [0.05, 0.1) is 13.4 Å². The van der Waals surface area contributed by atoms with Crippen molar-refractivity contribution < 1.29 is 9.15 Å². The Hall–Kier alpha value is -2.85. The van der Waals surface area contributed by atoms with Crippen molar-refractivity contribution in [1.82, 2.24) is 9.88 Å². The monoisotopic (exact) mass is 334 g/mol. The summed E-state index contributed by atoms with van der Waals surface area (Å²) >= 11 is 0. The second-order valence-electron chi connectivity index (χ2n) is 5.76. The lowest BCUT2D eigenvalue weighted by molar-refractivity contribution is 0.280. The van der Waals surface area contributed by atoms with Crippen molar-refractivity contribution in [3.05, 3.63) is 90.2 Å². The van der Waals surface area contributed by atoms with Gasteiger partial charge in [0.2, 0.25) is 0 Å². The van der Waals surface area contributed by atoms with Gasteiger partial charge in [0.15, 0.2) is 0 Å². The Bertz CT molecular complexity index is 783. The lowest BCUT2D eigenvalue weighted by Gasteiger charge is -2.22. The molecule has 0 spiro atoms. The van der Waals surface area contributed by atoms with Crippen LogP contribution in [0.25, 0.3) is 6.08 Å². The predicted molar refractivity (Wildman–Crippen MR) is 99.1 cm³/mol. The molecule has 0 unspecified atom stereocenters. The van der Waals surface area contributed by atoms with Crippen molar-refractivity contribution in [2.24, 2.45) is 0 Å². The second-order valence-corrected chi connectivity index (χ2v) is 5.76. The van der Waals surface area contributed by atoms with Crippen LogP contribution in [0.5, 0.6) is 5.75 Å². The number of furan rings is 1. The van der Waals surface area contributed by atoms with Crippen LogP contribution < -0.4 is 4.74 Å². The van der Waals surface area contributed by atoms with E-state index in [-0.39, 0.29) is 0 Å². The highest BCUT2D eigenvalue weighted by Gasteiger charge is 2.09. The van der Waals surface area contributed by atoms with Crippen LogP contribution in [0.2, 0.25) is 0 Å². The summed E-state index contributed by atoms with van der Waals surface area (Å²) in [6, 6.07) is 16.0. The molecule has 0 aliphatic rings. The Labute approximate surface area is 148 Å². The van der Waals surface area contributed by atoms with E-state index < -0.39 is 0 Å². The molecule has 3 aromatic rings. The molecule has 3 rings (SSSR count). The highest BCUT2D eigenvalue weighted by atomic mass is 16.5. The van der Waals surface area contributed by atoms with Crippen LogP contribution >= 0.6 is 0 Å². The molecule has 4 nitrogen and oxygen atoms in total. The van der Waals surface area contributed by atoms with Crippen LogP contribution in [-0.4, -0.2) is 23.5 Å². The maximum Gasteiger partial charge on any atom is 0.126 e. The van der Waals surface area contributed by atoms with Crippen LogP contribution in [0.1, 0.15) is 16.9 Å². The van der Waals surface area contributed by atoms with Gasteiger partial charge in [0.1, 0.15) is 11.5 Å². The fraction of sp³-hybridized carbons (Fsp3) is 0.190. The fourth-order valence-electron chi connectivity index (χ4n) is 2.71. The normalized spacial score (nSPS) is 11.3. The van der Waals surface area contributed by atoms with Crippen LogP contribution in [0, 0.1) is 0 Å². The smallest absolute Gasteiger partial charge is 0.126 e. The van der Waals surface area contributed by atoms with Crippen molar-refractivity contribution in [2.75, 3.05) is 13.7 Å². The second kappa shape index (κ2) is 8.85. The largest absolute Gasteiger partial charge is 0.496 e. The Kier molecular flexibility index (Phi) is 6.01. The Morgan fingerprint density at radius 2 is 2.00 bits per heavy atom. The van der Waals surface area contributed by atoms with Crippen LogP contribution in [0.3, 0.4) is 0 Å². The summed E-state index contributed by atoms with van der Waals surface area (Å²) in [6.07, 6.45) is 9.50. The first-order valence-corrected chi connectivity index (χ1v) is 8.28. The van der Waals surface area contributed by atoms with Gasteiger partial charge in [-0.15, -0.1) is 0 Å². The van der Waals surface area contributed by atoms with Gasteiger partial charge < -0.3 is 9.15 Å². The Morgan fingerprint density at radius 3 is 2.76 bits per heavy atom. The minimum absolute atomic E-state index is 0.793. The Balaban J connectivity index is 1.73. The molecule has 0 bridgehead atoms. The van der Waals surface area contributed by atoms with Gasteiger partial charge >= 0.3 is 0 Å². The van der Waals surface area contributed by atoms with Crippen molar-refractivity contribution in [2.45, 2.75) is 13.1 Å². The standard InChI is InChI=1S/C21H22N2O2/c1-24-21-11-3-2-8-19(21)17-23(16-18-7-4-12-22-15-18)13-5-9-20-10-6-14-25-20/h2-12,14-15H,13,16-17H2,1H3. The molecule has 0 saturated carbocycles. The molecule has 0 atom stereocenters. The number of nitrogens with zero attached hydrogens (tertiary/aromatic N) is 2.